The number of nitrogens with zero attached hydrogens (tertiary/aromatic N) is 2. The molecule has 176 valence electrons. The molecule has 4 aromatic rings. The highest BCUT2D eigenvalue weighted by Gasteiger charge is 2.32. The molecular formula is C25H19F5N2O2. The molecule has 0 unspecified atom stereocenters. The third-order valence-corrected chi connectivity index (χ3v) is 5.14. The third kappa shape index (κ3) is 5.41. The van der Waals surface area contributed by atoms with Crippen LogP contribution in [0.1, 0.15) is 18.1 Å². The number of aromatic nitrogens is 2. The van der Waals surface area contributed by atoms with Crippen molar-refractivity contribution in [1.29, 1.82) is 0 Å². The molecule has 4 rings (SSSR count). The van der Waals surface area contributed by atoms with Crippen molar-refractivity contribution in [1.82, 2.24) is 9.97 Å². The minimum Gasteiger partial charge on any atom is -0.491 e. The molecule has 9 heteroatoms. The number of hydrogen-bond donors (Lipinski definition) is 0. The molecule has 0 saturated carbocycles. The number of ether oxygens (including phenoxy) is 2. The summed E-state index contributed by atoms with van der Waals surface area (Å²) in [5.41, 5.74) is 1.56. The summed E-state index contributed by atoms with van der Waals surface area (Å²) in [5.74, 6) is -1.40. The van der Waals surface area contributed by atoms with Gasteiger partial charge in [-0.15, -0.1) is 13.2 Å². The van der Waals surface area contributed by atoms with Crippen molar-refractivity contribution in [3.63, 3.8) is 0 Å². The summed E-state index contributed by atoms with van der Waals surface area (Å²) in [6.07, 6.45) is -1.35. The molecule has 0 spiro atoms. The zero-order chi connectivity index (χ0) is 24.3. The van der Waals surface area contributed by atoms with E-state index in [-0.39, 0.29) is 12.8 Å². The van der Waals surface area contributed by atoms with E-state index in [1.807, 2.05) is 6.92 Å². The van der Waals surface area contributed by atoms with E-state index in [1.165, 1.54) is 6.07 Å². The predicted molar refractivity (Wildman–Crippen MR) is 117 cm³/mol. The maximum atomic E-state index is 15.1. The van der Waals surface area contributed by atoms with Crippen LogP contribution in [0.5, 0.6) is 11.5 Å². The summed E-state index contributed by atoms with van der Waals surface area (Å²) < 4.78 is 74.8. The Balaban J connectivity index is 1.50. The van der Waals surface area contributed by atoms with E-state index in [2.05, 4.69) is 14.7 Å². The van der Waals surface area contributed by atoms with E-state index in [1.54, 1.807) is 42.7 Å². The molecule has 1 heterocycles. The molecule has 0 aliphatic carbocycles. The standard InChI is InChI=1S/C25H19F5N2O2/c1-2-33-19-13-31-24(32-14-19)18-8-9-20-17(12-18)7-6-16(23(20)27)5-3-15-4-10-22(21(26)11-15)34-25(28,29)30/h4,6-14H,2-3,5H2,1H3. The van der Waals surface area contributed by atoms with Crippen molar-refractivity contribution in [2.45, 2.75) is 26.1 Å². The van der Waals surface area contributed by atoms with Crippen LogP contribution in [0.2, 0.25) is 0 Å². The minimum absolute atomic E-state index is 0.240. The van der Waals surface area contributed by atoms with Crippen molar-refractivity contribution >= 4 is 10.8 Å². The largest absolute Gasteiger partial charge is 0.573 e. The quantitative estimate of drug-likeness (QED) is 0.281. The smallest absolute Gasteiger partial charge is 0.491 e. The monoisotopic (exact) mass is 474 g/mol. The fourth-order valence-electron chi connectivity index (χ4n) is 3.56. The molecular weight excluding hydrogens is 455 g/mol. The first-order valence-corrected chi connectivity index (χ1v) is 10.4. The molecule has 0 saturated heterocycles. The third-order valence-electron chi connectivity index (χ3n) is 5.14. The maximum absolute atomic E-state index is 15.1. The number of rotatable bonds is 7. The SMILES string of the molecule is CCOc1cnc(-c2ccc3c(F)c(CCc4ccc(OC(F)(F)F)c(F)c4)ccc3c2)nc1. The Hall–Kier alpha value is -3.75. The zero-order valence-electron chi connectivity index (χ0n) is 18.0. The summed E-state index contributed by atoms with van der Waals surface area (Å²) in [5, 5.41) is 1.07. The number of benzene rings is 3. The molecule has 0 fully saturated rings. The van der Waals surface area contributed by atoms with E-state index in [0.717, 1.165) is 17.7 Å². The predicted octanol–water partition coefficient (Wildman–Crippen LogP) is 6.66. The second kappa shape index (κ2) is 9.62. The van der Waals surface area contributed by atoms with Crippen LogP contribution in [-0.4, -0.2) is 22.9 Å². The van der Waals surface area contributed by atoms with Gasteiger partial charge in [0.15, 0.2) is 23.1 Å². The molecule has 0 N–H and O–H groups in total. The van der Waals surface area contributed by atoms with E-state index in [9.17, 15) is 17.6 Å². The minimum atomic E-state index is -4.98. The second-order valence-corrected chi connectivity index (χ2v) is 7.46. The maximum Gasteiger partial charge on any atom is 0.573 e. The van der Waals surface area contributed by atoms with Gasteiger partial charge in [-0.1, -0.05) is 30.3 Å². The van der Waals surface area contributed by atoms with Crippen LogP contribution >= 0.6 is 0 Å². The average molecular weight is 474 g/mol. The average Bonchev–Trinajstić information content (AvgIpc) is 2.80. The van der Waals surface area contributed by atoms with Gasteiger partial charge in [-0.25, -0.2) is 18.7 Å². The van der Waals surface area contributed by atoms with Crippen LogP contribution < -0.4 is 9.47 Å². The first-order valence-electron chi connectivity index (χ1n) is 10.4. The second-order valence-electron chi connectivity index (χ2n) is 7.46. The van der Waals surface area contributed by atoms with Crippen molar-refractivity contribution in [3.8, 4) is 22.9 Å². The van der Waals surface area contributed by atoms with Crippen LogP contribution in [0.4, 0.5) is 22.0 Å². The Labute approximate surface area is 192 Å². The van der Waals surface area contributed by atoms with Crippen LogP contribution in [0.15, 0.2) is 60.9 Å². The van der Waals surface area contributed by atoms with Gasteiger partial charge in [-0.05, 0) is 54.5 Å². The summed E-state index contributed by atoms with van der Waals surface area (Å²) in [6, 6.07) is 11.8. The van der Waals surface area contributed by atoms with Crippen LogP contribution in [0.3, 0.4) is 0 Å². The number of halogens is 5. The summed E-state index contributed by atoms with van der Waals surface area (Å²) in [7, 11) is 0. The molecule has 0 bridgehead atoms. The Morgan fingerprint density at radius 3 is 2.32 bits per heavy atom. The van der Waals surface area contributed by atoms with E-state index in [4.69, 9.17) is 4.74 Å². The van der Waals surface area contributed by atoms with Gasteiger partial charge in [-0.2, -0.15) is 0 Å². The van der Waals surface area contributed by atoms with Gasteiger partial charge in [0.05, 0.1) is 19.0 Å². The van der Waals surface area contributed by atoms with Crippen LogP contribution in [0, 0.1) is 11.6 Å². The van der Waals surface area contributed by atoms with Gasteiger partial charge in [-0.3, -0.25) is 0 Å². The molecule has 0 radical (unpaired) electrons. The normalized spacial score (nSPS) is 11.6. The molecule has 0 aliphatic heterocycles. The number of fused-ring (bicyclic) bond motifs is 1. The molecule has 34 heavy (non-hydrogen) atoms. The first-order chi connectivity index (χ1) is 16.2. The lowest BCUT2D eigenvalue weighted by Crippen LogP contribution is -2.18. The van der Waals surface area contributed by atoms with Crippen LogP contribution in [-0.2, 0) is 12.8 Å². The van der Waals surface area contributed by atoms with Crippen molar-refractivity contribution in [2.75, 3.05) is 6.61 Å². The highest BCUT2D eigenvalue weighted by atomic mass is 19.4. The lowest BCUT2D eigenvalue weighted by molar-refractivity contribution is -0.275. The Morgan fingerprint density at radius 2 is 1.65 bits per heavy atom. The summed E-state index contributed by atoms with van der Waals surface area (Å²) in [6.45, 7) is 2.37. The van der Waals surface area contributed by atoms with Gasteiger partial charge in [0.25, 0.3) is 0 Å². The first kappa shape index (κ1) is 23.4. The van der Waals surface area contributed by atoms with Crippen LogP contribution in [0.25, 0.3) is 22.2 Å². The highest BCUT2D eigenvalue weighted by molar-refractivity contribution is 5.87. The molecule has 0 aliphatic rings. The topological polar surface area (TPSA) is 44.2 Å². The van der Waals surface area contributed by atoms with Crippen molar-refractivity contribution in [3.05, 3.63) is 83.7 Å². The molecule has 0 atom stereocenters. The van der Waals surface area contributed by atoms with Crippen molar-refractivity contribution < 1.29 is 31.4 Å². The Morgan fingerprint density at radius 1 is 0.882 bits per heavy atom. The zero-order valence-corrected chi connectivity index (χ0v) is 18.0. The van der Waals surface area contributed by atoms with E-state index < -0.39 is 23.7 Å². The van der Waals surface area contributed by atoms with Gasteiger partial charge in [0.2, 0.25) is 0 Å². The molecule has 1 aromatic heterocycles. The Kier molecular flexibility index (Phi) is 6.63. The highest BCUT2D eigenvalue weighted by Crippen LogP contribution is 2.29. The van der Waals surface area contributed by atoms with Gasteiger partial charge >= 0.3 is 6.36 Å². The molecule has 3 aromatic carbocycles. The number of aryl methyl sites for hydroxylation is 2. The number of hydrogen-bond acceptors (Lipinski definition) is 4. The summed E-state index contributed by atoms with van der Waals surface area (Å²) in [4.78, 5) is 8.56. The lowest BCUT2D eigenvalue weighted by atomic mass is 9.99. The van der Waals surface area contributed by atoms with Crippen molar-refractivity contribution in [2.24, 2.45) is 0 Å². The fraction of sp³-hybridized carbons (Fsp3) is 0.200. The Bertz CT molecular complexity index is 1310. The number of alkyl halides is 3. The van der Waals surface area contributed by atoms with E-state index in [0.29, 0.717) is 40.1 Å². The fourth-order valence-corrected chi connectivity index (χ4v) is 3.56. The molecule has 4 nitrogen and oxygen atoms in total. The van der Waals surface area contributed by atoms with Gasteiger partial charge in [0, 0.05) is 10.9 Å². The molecule has 0 amide bonds. The van der Waals surface area contributed by atoms with Gasteiger partial charge < -0.3 is 9.47 Å². The lowest BCUT2D eigenvalue weighted by Gasteiger charge is -2.11. The summed E-state index contributed by atoms with van der Waals surface area (Å²) >= 11 is 0. The van der Waals surface area contributed by atoms with E-state index >= 15 is 4.39 Å². The van der Waals surface area contributed by atoms with Gasteiger partial charge in [0.1, 0.15) is 5.82 Å².